The molecule has 0 aliphatic carbocycles. The third kappa shape index (κ3) is 2.43. The third-order valence-corrected chi connectivity index (χ3v) is 2.72. The van der Waals surface area contributed by atoms with Crippen LogP contribution < -0.4 is 0 Å². The van der Waals surface area contributed by atoms with E-state index in [0.717, 1.165) is 5.02 Å². The van der Waals surface area contributed by atoms with Crippen LogP contribution in [0, 0.1) is 0 Å². The van der Waals surface area contributed by atoms with E-state index in [9.17, 15) is 0 Å². The molecule has 0 saturated heterocycles. The van der Waals surface area contributed by atoms with Gasteiger partial charge in [0.1, 0.15) is 0 Å². The maximum absolute atomic E-state index is 5.96. The van der Waals surface area contributed by atoms with Crippen LogP contribution in [0.3, 0.4) is 0 Å². The van der Waals surface area contributed by atoms with Crippen LogP contribution in [0.15, 0.2) is 23.1 Å². The van der Waals surface area contributed by atoms with Crippen molar-refractivity contribution >= 4 is 23.4 Å². The molecule has 0 radical (unpaired) electrons. The molecule has 0 saturated carbocycles. The van der Waals surface area contributed by atoms with E-state index in [4.69, 9.17) is 11.6 Å². The molecule has 0 aliphatic rings. The van der Waals surface area contributed by atoms with Gasteiger partial charge in [0.05, 0.1) is 0 Å². The van der Waals surface area contributed by atoms with Crippen molar-refractivity contribution in [2.75, 3.05) is 6.26 Å². The minimum Gasteiger partial charge on any atom is -0.130 e. The molecule has 0 fully saturated rings. The van der Waals surface area contributed by atoms with Crippen LogP contribution in [0.2, 0.25) is 5.02 Å². The Morgan fingerprint density at radius 2 is 1.92 bits per heavy atom. The summed E-state index contributed by atoms with van der Waals surface area (Å²) in [5.41, 5.74) is 1.31. The molecule has 0 unspecified atom stereocenters. The van der Waals surface area contributed by atoms with Crippen molar-refractivity contribution < 1.29 is 0 Å². The van der Waals surface area contributed by atoms with E-state index in [2.05, 4.69) is 26.2 Å². The van der Waals surface area contributed by atoms with Crippen molar-refractivity contribution in [1.82, 2.24) is 0 Å². The lowest BCUT2D eigenvalue weighted by molar-refractivity contribution is 0.862. The minimum atomic E-state index is 0.551. The number of halogens is 1. The molecule has 0 spiro atoms. The van der Waals surface area contributed by atoms with E-state index in [1.165, 1.54) is 10.5 Å². The summed E-state index contributed by atoms with van der Waals surface area (Å²) in [5.74, 6) is 0.551. The molecule has 1 aromatic rings. The molecule has 0 bridgehead atoms. The maximum atomic E-state index is 5.96. The Labute approximate surface area is 83.3 Å². The van der Waals surface area contributed by atoms with Gasteiger partial charge in [0.2, 0.25) is 0 Å². The van der Waals surface area contributed by atoms with E-state index in [-0.39, 0.29) is 0 Å². The summed E-state index contributed by atoms with van der Waals surface area (Å²) < 4.78 is 0. The van der Waals surface area contributed by atoms with Gasteiger partial charge in [0, 0.05) is 9.92 Å². The molecule has 0 heterocycles. The molecule has 12 heavy (non-hydrogen) atoms. The van der Waals surface area contributed by atoms with Crippen LogP contribution in [0.5, 0.6) is 0 Å². The van der Waals surface area contributed by atoms with Crippen LogP contribution in [-0.2, 0) is 0 Å². The topological polar surface area (TPSA) is 0 Å². The highest BCUT2D eigenvalue weighted by atomic mass is 35.5. The summed E-state index contributed by atoms with van der Waals surface area (Å²) in [4.78, 5) is 1.24. The first-order valence-corrected chi connectivity index (χ1v) is 5.58. The lowest BCUT2D eigenvalue weighted by Gasteiger charge is -2.07. The lowest BCUT2D eigenvalue weighted by Crippen LogP contribution is -1.87. The zero-order valence-electron chi connectivity index (χ0n) is 7.60. The SMILES string of the molecule is CSc1cc(Cl)cc(C(C)C)c1. The van der Waals surface area contributed by atoms with E-state index in [1.54, 1.807) is 11.8 Å². The van der Waals surface area contributed by atoms with Crippen molar-refractivity contribution in [1.29, 1.82) is 0 Å². The average Bonchev–Trinajstić information content (AvgIpc) is 2.03. The summed E-state index contributed by atoms with van der Waals surface area (Å²) in [6.07, 6.45) is 2.07. The summed E-state index contributed by atoms with van der Waals surface area (Å²) in [7, 11) is 0. The molecule has 0 nitrogen and oxygen atoms in total. The number of hydrogen-bond acceptors (Lipinski definition) is 1. The van der Waals surface area contributed by atoms with Gasteiger partial charge in [-0.2, -0.15) is 0 Å². The van der Waals surface area contributed by atoms with Gasteiger partial charge < -0.3 is 0 Å². The summed E-state index contributed by atoms with van der Waals surface area (Å²) >= 11 is 7.69. The average molecular weight is 201 g/mol. The van der Waals surface area contributed by atoms with Gasteiger partial charge in [0.25, 0.3) is 0 Å². The maximum Gasteiger partial charge on any atom is 0.0419 e. The molecule has 1 aromatic carbocycles. The number of hydrogen-bond donors (Lipinski definition) is 0. The number of benzene rings is 1. The standard InChI is InChI=1S/C10H13ClS/c1-7(2)8-4-9(11)6-10(5-8)12-3/h4-7H,1-3H3. The fourth-order valence-corrected chi connectivity index (χ4v) is 1.84. The van der Waals surface area contributed by atoms with Crippen LogP contribution in [0.1, 0.15) is 25.3 Å². The van der Waals surface area contributed by atoms with Crippen molar-refractivity contribution in [3.8, 4) is 0 Å². The quantitative estimate of drug-likeness (QED) is 0.646. The first kappa shape index (κ1) is 9.94. The minimum absolute atomic E-state index is 0.551. The Morgan fingerprint density at radius 3 is 2.42 bits per heavy atom. The van der Waals surface area contributed by atoms with Crippen LogP contribution >= 0.6 is 23.4 Å². The second-order valence-electron chi connectivity index (χ2n) is 3.08. The fourth-order valence-electron chi connectivity index (χ4n) is 1.04. The largest absolute Gasteiger partial charge is 0.130 e. The van der Waals surface area contributed by atoms with Gasteiger partial charge in [-0.25, -0.2) is 0 Å². The van der Waals surface area contributed by atoms with Crippen LogP contribution in [0.25, 0.3) is 0 Å². The summed E-state index contributed by atoms with van der Waals surface area (Å²) in [6, 6.07) is 6.23. The second kappa shape index (κ2) is 4.20. The Balaban J connectivity index is 3.06. The zero-order chi connectivity index (χ0) is 9.14. The Morgan fingerprint density at radius 1 is 1.25 bits per heavy atom. The summed E-state index contributed by atoms with van der Waals surface area (Å²) in [6.45, 7) is 4.35. The van der Waals surface area contributed by atoms with Gasteiger partial charge in [-0.1, -0.05) is 25.4 Å². The van der Waals surface area contributed by atoms with Crippen LogP contribution in [0.4, 0.5) is 0 Å². The molecule has 0 aliphatic heterocycles. The molecule has 1 rings (SSSR count). The monoisotopic (exact) mass is 200 g/mol. The van der Waals surface area contributed by atoms with Gasteiger partial charge in [-0.15, -0.1) is 11.8 Å². The van der Waals surface area contributed by atoms with Gasteiger partial charge >= 0.3 is 0 Å². The van der Waals surface area contributed by atoms with E-state index in [0.29, 0.717) is 5.92 Å². The molecule has 66 valence electrons. The van der Waals surface area contributed by atoms with Crippen LogP contribution in [-0.4, -0.2) is 6.26 Å². The van der Waals surface area contributed by atoms with E-state index < -0.39 is 0 Å². The molecular weight excluding hydrogens is 188 g/mol. The molecule has 0 atom stereocenters. The Bertz CT molecular complexity index is 269. The first-order chi connectivity index (χ1) is 5.63. The Hall–Kier alpha value is -0.140. The fraction of sp³-hybridized carbons (Fsp3) is 0.400. The predicted molar refractivity (Wildman–Crippen MR) is 57.3 cm³/mol. The second-order valence-corrected chi connectivity index (χ2v) is 4.40. The normalized spacial score (nSPS) is 10.8. The number of rotatable bonds is 2. The summed E-state index contributed by atoms with van der Waals surface area (Å²) in [5, 5.41) is 0.838. The Kier molecular flexibility index (Phi) is 3.48. The highest BCUT2D eigenvalue weighted by Crippen LogP contribution is 2.25. The van der Waals surface area contributed by atoms with E-state index in [1.807, 2.05) is 12.1 Å². The molecule has 0 amide bonds. The molecule has 2 heteroatoms. The molecule has 0 N–H and O–H groups in total. The smallest absolute Gasteiger partial charge is 0.0419 e. The van der Waals surface area contributed by atoms with Crippen molar-refractivity contribution in [2.24, 2.45) is 0 Å². The predicted octanol–water partition coefficient (Wildman–Crippen LogP) is 4.19. The zero-order valence-corrected chi connectivity index (χ0v) is 9.17. The molecule has 0 aromatic heterocycles. The first-order valence-electron chi connectivity index (χ1n) is 3.98. The highest BCUT2D eigenvalue weighted by molar-refractivity contribution is 7.98. The van der Waals surface area contributed by atoms with Gasteiger partial charge in [-0.3, -0.25) is 0 Å². The van der Waals surface area contributed by atoms with Gasteiger partial charge in [0.15, 0.2) is 0 Å². The third-order valence-electron chi connectivity index (χ3n) is 1.80. The molecular formula is C10H13ClS. The highest BCUT2D eigenvalue weighted by Gasteiger charge is 2.02. The number of thioether (sulfide) groups is 1. The van der Waals surface area contributed by atoms with Crippen molar-refractivity contribution in [2.45, 2.75) is 24.7 Å². The lowest BCUT2D eigenvalue weighted by atomic mass is 10.0. The van der Waals surface area contributed by atoms with Gasteiger partial charge in [-0.05, 0) is 35.9 Å². The van der Waals surface area contributed by atoms with Crippen molar-refractivity contribution in [3.63, 3.8) is 0 Å². The van der Waals surface area contributed by atoms with Crippen molar-refractivity contribution in [3.05, 3.63) is 28.8 Å². The van der Waals surface area contributed by atoms with E-state index >= 15 is 0 Å².